The van der Waals surface area contributed by atoms with Gasteiger partial charge in [-0.25, -0.2) is 9.78 Å². The monoisotopic (exact) mass is 502 g/mol. The first-order valence-electron chi connectivity index (χ1n) is 12.0. The smallest absolute Gasteiger partial charge is 0.327 e. The molecule has 10 heteroatoms. The van der Waals surface area contributed by atoms with Gasteiger partial charge in [0.25, 0.3) is 0 Å². The molecule has 1 aromatic carbocycles. The van der Waals surface area contributed by atoms with Crippen LogP contribution in [0.4, 0.5) is 16.2 Å². The van der Waals surface area contributed by atoms with Crippen LogP contribution < -0.4 is 25.6 Å². The Morgan fingerprint density at radius 3 is 2.78 bits per heavy atom. The maximum atomic E-state index is 13.4. The van der Waals surface area contributed by atoms with E-state index in [4.69, 9.17) is 4.74 Å². The van der Waals surface area contributed by atoms with Crippen LogP contribution in [-0.4, -0.2) is 46.3 Å². The fourth-order valence-electron chi connectivity index (χ4n) is 5.01. The van der Waals surface area contributed by atoms with E-state index in [1.165, 1.54) is 11.8 Å². The lowest BCUT2D eigenvalue weighted by atomic mass is 9.99. The van der Waals surface area contributed by atoms with Gasteiger partial charge in [-0.05, 0) is 68.3 Å². The van der Waals surface area contributed by atoms with Gasteiger partial charge in [0.15, 0.2) is 0 Å². The van der Waals surface area contributed by atoms with Crippen molar-refractivity contribution >= 4 is 35.1 Å². The SMILES string of the molecule is Cc1cc(Oc2ccncc2)ccc1N1C(=O)NC2c3c1ccnc3S[C@H]2C(=O)NC1CCCNC1. The number of nitrogens with zero attached hydrogens (tertiary/aromatic N) is 3. The number of amides is 3. The van der Waals surface area contributed by atoms with Crippen LogP contribution in [0.2, 0.25) is 0 Å². The van der Waals surface area contributed by atoms with Crippen molar-refractivity contribution in [3.63, 3.8) is 0 Å². The number of carbonyl (C=O) groups excluding carboxylic acids is 2. The number of aromatic nitrogens is 2. The molecule has 3 amide bonds. The van der Waals surface area contributed by atoms with Gasteiger partial charge in [-0.1, -0.05) is 11.8 Å². The molecule has 3 atom stereocenters. The fraction of sp³-hybridized carbons (Fsp3) is 0.308. The lowest BCUT2D eigenvalue weighted by Gasteiger charge is -2.35. The molecule has 0 saturated carbocycles. The quantitative estimate of drug-likeness (QED) is 0.487. The molecule has 1 fully saturated rings. The molecule has 1 saturated heterocycles. The summed E-state index contributed by atoms with van der Waals surface area (Å²) in [6.07, 6.45) is 7.04. The van der Waals surface area contributed by atoms with Crippen LogP contribution >= 0.6 is 11.8 Å². The van der Waals surface area contributed by atoms with Crippen molar-refractivity contribution in [1.82, 2.24) is 25.9 Å². The number of benzene rings is 1. The Balaban J connectivity index is 1.27. The van der Waals surface area contributed by atoms with Gasteiger partial charge in [0.1, 0.15) is 21.8 Å². The molecule has 184 valence electrons. The first-order valence-corrected chi connectivity index (χ1v) is 12.9. The van der Waals surface area contributed by atoms with Gasteiger partial charge in [0.05, 0.1) is 17.4 Å². The number of nitrogens with one attached hydrogen (secondary N) is 3. The van der Waals surface area contributed by atoms with E-state index in [1.54, 1.807) is 35.6 Å². The Hall–Kier alpha value is -3.63. The Morgan fingerprint density at radius 1 is 1.14 bits per heavy atom. The third kappa shape index (κ3) is 4.16. The molecular formula is C26H26N6O3S. The van der Waals surface area contributed by atoms with E-state index in [9.17, 15) is 9.59 Å². The van der Waals surface area contributed by atoms with Crippen molar-refractivity contribution in [3.05, 3.63) is 66.1 Å². The highest BCUT2D eigenvalue weighted by molar-refractivity contribution is 8.01. The number of piperidine rings is 1. The maximum Gasteiger partial charge on any atom is 0.327 e. The van der Waals surface area contributed by atoms with E-state index in [0.717, 1.165) is 53.5 Å². The topological polar surface area (TPSA) is 108 Å². The van der Waals surface area contributed by atoms with E-state index >= 15 is 0 Å². The van der Waals surface area contributed by atoms with Gasteiger partial charge in [0.2, 0.25) is 5.91 Å². The third-order valence-corrected chi connectivity index (χ3v) is 7.99. The molecule has 9 nitrogen and oxygen atoms in total. The van der Waals surface area contributed by atoms with Crippen LogP contribution in [0.5, 0.6) is 11.5 Å². The average Bonchev–Trinajstić information content (AvgIpc) is 3.26. The first-order chi connectivity index (χ1) is 17.6. The van der Waals surface area contributed by atoms with Gasteiger partial charge < -0.3 is 20.7 Å². The lowest BCUT2D eigenvalue weighted by molar-refractivity contribution is -0.121. The second-order valence-corrected chi connectivity index (χ2v) is 10.3. The Labute approximate surface area is 213 Å². The molecule has 0 spiro atoms. The summed E-state index contributed by atoms with van der Waals surface area (Å²) >= 11 is 1.42. The Morgan fingerprint density at radius 2 is 2.00 bits per heavy atom. The number of pyridine rings is 2. The highest BCUT2D eigenvalue weighted by Gasteiger charge is 2.47. The first kappa shape index (κ1) is 22.8. The van der Waals surface area contributed by atoms with E-state index in [2.05, 4.69) is 25.9 Å². The highest BCUT2D eigenvalue weighted by atomic mass is 32.2. The van der Waals surface area contributed by atoms with E-state index in [-0.39, 0.29) is 18.0 Å². The van der Waals surface area contributed by atoms with Gasteiger partial charge in [0, 0.05) is 36.7 Å². The highest BCUT2D eigenvalue weighted by Crippen LogP contribution is 2.51. The second kappa shape index (κ2) is 9.44. The number of hydrogen-bond donors (Lipinski definition) is 3. The summed E-state index contributed by atoms with van der Waals surface area (Å²) in [5, 5.41) is 9.89. The van der Waals surface area contributed by atoms with Crippen molar-refractivity contribution < 1.29 is 14.3 Å². The molecule has 3 N–H and O–H groups in total. The number of ether oxygens (including phenoxy) is 1. The summed E-state index contributed by atoms with van der Waals surface area (Å²) in [7, 11) is 0. The standard InChI is InChI=1S/C26H26N6O3S/c1-15-13-18(35-17-6-10-27-11-7-17)4-5-19(15)32-20-8-12-29-25-21(20)22(31-26(32)34)23(36-25)24(33)30-16-3-2-9-28-14-16/h4-8,10-13,16,22-23,28H,2-3,9,14H2,1H3,(H,30,33)(H,31,34)/t16?,22?,23-/m1/s1. The molecule has 36 heavy (non-hydrogen) atoms. The van der Waals surface area contributed by atoms with Crippen LogP contribution in [0.1, 0.15) is 30.0 Å². The minimum Gasteiger partial charge on any atom is -0.457 e. The number of anilines is 2. The van der Waals surface area contributed by atoms with E-state index in [0.29, 0.717) is 11.5 Å². The maximum absolute atomic E-state index is 13.4. The molecule has 3 aromatic rings. The fourth-order valence-corrected chi connectivity index (χ4v) is 6.24. The minimum atomic E-state index is -0.459. The van der Waals surface area contributed by atoms with Crippen LogP contribution in [0.15, 0.2) is 60.0 Å². The third-order valence-electron chi connectivity index (χ3n) is 6.70. The number of carbonyl (C=O) groups is 2. The number of thioether (sulfide) groups is 1. The molecule has 3 aliphatic rings. The predicted molar refractivity (Wildman–Crippen MR) is 137 cm³/mol. The van der Waals surface area contributed by atoms with Gasteiger partial charge in [-0.15, -0.1) is 0 Å². The van der Waals surface area contributed by atoms with Crippen molar-refractivity contribution in [3.8, 4) is 11.5 Å². The lowest BCUT2D eigenvalue weighted by Crippen LogP contribution is -2.52. The summed E-state index contributed by atoms with van der Waals surface area (Å²) in [6, 6.07) is 10.5. The van der Waals surface area contributed by atoms with Crippen molar-refractivity contribution in [2.24, 2.45) is 0 Å². The van der Waals surface area contributed by atoms with Crippen molar-refractivity contribution in [2.45, 2.75) is 42.1 Å². The molecule has 2 aromatic heterocycles. The van der Waals surface area contributed by atoms with Gasteiger partial charge in [-0.2, -0.15) is 0 Å². The van der Waals surface area contributed by atoms with Crippen molar-refractivity contribution in [1.29, 1.82) is 0 Å². The predicted octanol–water partition coefficient (Wildman–Crippen LogP) is 3.82. The summed E-state index contributed by atoms with van der Waals surface area (Å²) in [5.74, 6) is 1.29. The van der Waals surface area contributed by atoms with Crippen LogP contribution in [0, 0.1) is 6.92 Å². The zero-order valence-corrected chi connectivity index (χ0v) is 20.5. The van der Waals surface area contributed by atoms with Gasteiger partial charge in [-0.3, -0.25) is 14.7 Å². The minimum absolute atomic E-state index is 0.0646. The zero-order valence-electron chi connectivity index (χ0n) is 19.7. The van der Waals surface area contributed by atoms with Crippen LogP contribution in [0.25, 0.3) is 0 Å². The Bertz CT molecular complexity index is 1310. The molecule has 0 bridgehead atoms. The zero-order chi connectivity index (χ0) is 24.6. The summed E-state index contributed by atoms with van der Waals surface area (Å²) in [6.45, 7) is 3.69. The molecular weight excluding hydrogens is 476 g/mol. The van der Waals surface area contributed by atoms with Crippen molar-refractivity contribution in [2.75, 3.05) is 18.0 Å². The molecule has 5 heterocycles. The summed E-state index contributed by atoms with van der Waals surface area (Å²) < 4.78 is 5.93. The van der Waals surface area contributed by atoms with Crippen LogP contribution in [0.3, 0.4) is 0 Å². The second-order valence-electron chi connectivity index (χ2n) is 9.14. The molecule has 2 unspecified atom stereocenters. The molecule has 3 aliphatic heterocycles. The molecule has 0 radical (unpaired) electrons. The average molecular weight is 503 g/mol. The summed E-state index contributed by atoms with van der Waals surface area (Å²) in [4.78, 5) is 36.9. The normalized spacial score (nSPS) is 22.5. The summed E-state index contributed by atoms with van der Waals surface area (Å²) in [5.41, 5.74) is 3.26. The van der Waals surface area contributed by atoms with Gasteiger partial charge >= 0.3 is 6.03 Å². The Kier molecular flexibility index (Phi) is 5.98. The van der Waals surface area contributed by atoms with E-state index < -0.39 is 11.3 Å². The number of urea groups is 1. The van der Waals surface area contributed by atoms with Crippen LogP contribution in [-0.2, 0) is 4.79 Å². The molecule has 0 aliphatic carbocycles. The van der Waals surface area contributed by atoms with E-state index in [1.807, 2.05) is 31.2 Å². The number of hydrogen-bond acceptors (Lipinski definition) is 7. The molecule has 6 rings (SSSR count). The largest absolute Gasteiger partial charge is 0.457 e. The number of aryl methyl sites for hydroxylation is 1. The number of rotatable bonds is 5.